The molecular formula is C15H23BrN2O2. The van der Waals surface area contributed by atoms with Gasteiger partial charge in [0.15, 0.2) is 0 Å². The molecule has 0 spiro atoms. The molecule has 1 aromatic heterocycles. The van der Waals surface area contributed by atoms with Crippen molar-refractivity contribution in [2.75, 3.05) is 0 Å². The molecule has 0 bridgehead atoms. The Kier molecular flexibility index (Phi) is 5.24. The van der Waals surface area contributed by atoms with E-state index in [2.05, 4.69) is 28.0 Å². The summed E-state index contributed by atoms with van der Waals surface area (Å²) in [4.78, 5) is 11.5. The Hall–Kier alpha value is -0.840. The van der Waals surface area contributed by atoms with E-state index in [0.717, 1.165) is 60.8 Å². The van der Waals surface area contributed by atoms with E-state index >= 15 is 0 Å². The molecule has 5 heteroatoms. The standard InChI is InChI=1S/C15H23BrN2O2/c1-3-12-14(16)13(18(2)17-12)9-10-7-5-4-6-8-11(10)15(19)20/h10-11H,3-9H2,1-2H3,(H,19,20). The number of hydrogen-bond acceptors (Lipinski definition) is 2. The third-order valence-electron chi connectivity index (χ3n) is 4.43. The molecule has 2 unspecified atom stereocenters. The number of halogens is 1. The number of aliphatic carboxylic acids is 1. The van der Waals surface area contributed by atoms with E-state index in [1.54, 1.807) is 0 Å². The lowest BCUT2D eigenvalue weighted by atomic mass is 9.84. The molecule has 0 aliphatic heterocycles. The average Bonchev–Trinajstić information content (AvgIpc) is 2.60. The maximum absolute atomic E-state index is 11.5. The van der Waals surface area contributed by atoms with E-state index in [1.165, 1.54) is 0 Å². The van der Waals surface area contributed by atoms with E-state index in [9.17, 15) is 9.90 Å². The molecule has 1 saturated carbocycles. The van der Waals surface area contributed by atoms with E-state index in [-0.39, 0.29) is 11.8 Å². The zero-order chi connectivity index (χ0) is 14.7. The fraction of sp³-hybridized carbons (Fsp3) is 0.733. The predicted octanol–water partition coefficient (Wildman–Crippen LogP) is 3.57. The lowest BCUT2D eigenvalue weighted by molar-refractivity contribution is -0.143. The van der Waals surface area contributed by atoms with Gasteiger partial charge in [0.05, 0.1) is 21.8 Å². The second-order valence-electron chi connectivity index (χ2n) is 5.73. The largest absolute Gasteiger partial charge is 0.481 e. The van der Waals surface area contributed by atoms with Crippen LogP contribution in [0.1, 0.15) is 50.4 Å². The summed E-state index contributed by atoms with van der Waals surface area (Å²) in [6.45, 7) is 2.09. The van der Waals surface area contributed by atoms with Crippen molar-refractivity contribution < 1.29 is 9.90 Å². The number of carbonyl (C=O) groups is 1. The normalized spacial score (nSPS) is 23.6. The molecule has 2 atom stereocenters. The van der Waals surface area contributed by atoms with Crippen LogP contribution in [0.25, 0.3) is 0 Å². The van der Waals surface area contributed by atoms with Gasteiger partial charge in [-0.1, -0.05) is 26.2 Å². The lowest BCUT2D eigenvalue weighted by Gasteiger charge is -2.21. The third-order valence-corrected chi connectivity index (χ3v) is 5.35. The molecule has 0 aromatic carbocycles. The first kappa shape index (κ1) is 15.5. The quantitative estimate of drug-likeness (QED) is 0.851. The van der Waals surface area contributed by atoms with Crippen LogP contribution < -0.4 is 0 Å². The highest BCUT2D eigenvalue weighted by Crippen LogP contribution is 2.34. The zero-order valence-corrected chi connectivity index (χ0v) is 13.8. The summed E-state index contributed by atoms with van der Waals surface area (Å²) in [5.41, 5.74) is 2.20. The van der Waals surface area contributed by atoms with Gasteiger partial charge in [-0.15, -0.1) is 0 Å². The Labute approximate surface area is 128 Å². The van der Waals surface area contributed by atoms with Gasteiger partial charge in [-0.25, -0.2) is 0 Å². The number of rotatable bonds is 4. The highest BCUT2D eigenvalue weighted by molar-refractivity contribution is 9.10. The van der Waals surface area contributed by atoms with E-state index in [0.29, 0.717) is 0 Å². The Balaban J connectivity index is 2.22. The molecule has 4 nitrogen and oxygen atoms in total. The Morgan fingerprint density at radius 3 is 2.70 bits per heavy atom. The SMILES string of the molecule is CCc1nn(C)c(CC2CCCCCC2C(=O)O)c1Br. The van der Waals surface area contributed by atoms with Crippen LogP contribution in [0.3, 0.4) is 0 Å². The number of nitrogens with zero attached hydrogens (tertiary/aromatic N) is 2. The molecule has 1 aliphatic carbocycles. The molecule has 20 heavy (non-hydrogen) atoms. The molecule has 2 rings (SSSR count). The van der Waals surface area contributed by atoms with Crippen molar-refractivity contribution >= 4 is 21.9 Å². The summed E-state index contributed by atoms with van der Waals surface area (Å²) in [7, 11) is 1.95. The number of aryl methyl sites for hydroxylation is 2. The van der Waals surface area contributed by atoms with Crippen LogP contribution in [-0.4, -0.2) is 20.9 Å². The summed E-state index contributed by atoms with van der Waals surface area (Å²) in [6.07, 6.45) is 6.87. The molecule has 0 saturated heterocycles. The van der Waals surface area contributed by atoms with Crippen molar-refractivity contribution in [3.8, 4) is 0 Å². The van der Waals surface area contributed by atoms with Crippen molar-refractivity contribution in [2.24, 2.45) is 18.9 Å². The van der Waals surface area contributed by atoms with Crippen LogP contribution in [-0.2, 0) is 24.7 Å². The zero-order valence-electron chi connectivity index (χ0n) is 12.2. The van der Waals surface area contributed by atoms with Gasteiger partial charge in [0.2, 0.25) is 0 Å². The first-order chi connectivity index (χ1) is 9.54. The molecule has 1 aliphatic rings. The Morgan fingerprint density at radius 2 is 2.10 bits per heavy atom. The minimum Gasteiger partial charge on any atom is -0.481 e. The molecule has 1 heterocycles. The molecular weight excluding hydrogens is 320 g/mol. The monoisotopic (exact) mass is 342 g/mol. The second kappa shape index (κ2) is 6.74. The lowest BCUT2D eigenvalue weighted by Crippen LogP contribution is -2.25. The van der Waals surface area contributed by atoms with Gasteiger partial charge >= 0.3 is 5.97 Å². The van der Waals surface area contributed by atoms with Gasteiger partial charge in [0.25, 0.3) is 0 Å². The van der Waals surface area contributed by atoms with E-state index in [1.807, 2.05) is 11.7 Å². The molecule has 1 fully saturated rings. The minimum atomic E-state index is -0.633. The maximum Gasteiger partial charge on any atom is 0.306 e. The number of carboxylic acids is 1. The first-order valence-corrected chi connectivity index (χ1v) is 8.27. The molecule has 112 valence electrons. The van der Waals surface area contributed by atoms with Crippen LogP contribution in [0.4, 0.5) is 0 Å². The van der Waals surface area contributed by atoms with Crippen molar-refractivity contribution in [3.63, 3.8) is 0 Å². The summed E-state index contributed by atoms with van der Waals surface area (Å²) < 4.78 is 2.98. The van der Waals surface area contributed by atoms with Crippen LogP contribution in [0.5, 0.6) is 0 Å². The van der Waals surface area contributed by atoms with Gasteiger partial charge in [-0.05, 0) is 47.5 Å². The van der Waals surface area contributed by atoms with Gasteiger partial charge in [0, 0.05) is 7.05 Å². The number of hydrogen-bond donors (Lipinski definition) is 1. The van der Waals surface area contributed by atoms with E-state index < -0.39 is 5.97 Å². The summed E-state index contributed by atoms with van der Waals surface area (Å²) in [5, 5.41) is 14.0. The summed E-state index contributed by atoms with van der Waals surface area (Å²) in [6, 6.07) is 0. The van der Waals surface area contributed by atoms with Gasteiger partial charge < -0.3 is 5.11 Å². The van der Waals surface area contributed by atoms with Crippen LogP contribution in [0.2, 0.25) is 0 Å². The number of carboxylic acid groups (broad SMARTS) is 1. The van der Waals surface area contributed by atoms with Crippen LogP contribution in [0, 0.1) is 11.8 Å². The van der Waals surface area contributed by atoms with Gasteiger partial charge in [0.1, 0.15) is 0 Å². The topological polar surface area (TPSA) is 55.1 Å². The first-order valence-electron chi connectivity index (χ1n) is 7.47. The van der Waals surface area contributed by atoms with Crippen molar-refractivity contribution in [1.29, 1.82) is 0 Å². The maximum atomic E-state index is 11.5. The highest BCUT2D eigenvalue weighted by atomic mass is 79.9. The van der Waals surface area contributed by atoms with Crippen molar-refractivity contribution in [3.05, 3.63) is 15.9 Å². The summed E-state index contributed by atoms with van der Waals surface area (Å²) in [5.74, 6) is -0.610. The van der Waals surface area contributed by atoms with Crippen LogP contribution >= 0.6 is 15.9 Å². The van der Waals surface area contributed by atoms with Crippen molar-refractivity contribution in [1.82, 2.24) is 9.78 Å². The van der Waals surface area contributed by atoms with Gasteiger partial charge in [-0.3, -0.25) is 9.48 Å². The average molecular weight is 343 g/mol. The Morgan fingerprint density at radius 1 is 1.40 bits per heavy atom. The van der Waals surface area contributed by atoms with E-state index in [4.69, 9.17) is 0 Å². The molecule has 1 aromatic rings. The summed E-state index contributed by atoms with van der Waals surface area (Å²) >= 11 is 3.63. The number of aromatic nitrogens is 2. The predicted molar refractivity (Wildman–Crippen MR) is 81.7 cm³/mol. The molecule has 1 N–H and O–H groups in total. The second-order valence-corrected chi connectivity index (χ2v) is 6.52. The van der Waals surface area contributed by atoms with Crippen molar-refractivity contribution in [2.45, 2.75) is 51.9 Å². The smallest absolute Gasteiger partial charge is 0.306 e. The molecule has 0 radical (unpaired) electrons. The Bertz CT molecular complexity index is 484. The minimum absolute atomic E-state index is 0.204. The fourth-order valence-corrected chi connectivity index (χ4v) is 4.02. The third kappa shape index (κ3) is 3.25. The highest BCUT2D eigenvalue weighted by Gasteiger charge is 2.31. The van der Waals surface area contributed by atoms with Crippen LogP contribution in [0.15, 0.2) is 4.47 Å². The van der Waals surface area contributed by atoms with Gasteiger partial charge in [-0.2, -0.15) is 5.10 Å². The fourth-order valence-electron chi connectivity index (χ4n) is 3.24. The molecule has 0 amide bonds.